The van der Waals surface area contributed by atoms with E-state index in [1.807, 2.05) is 30.3 Å². The molecule has 144 valence electrons. The summed E-state index contributed by atoms with van der Waals surface area (Å²) < 4.78 is 6.92. The topological polar surface area (TPSA) is 33.6 Å². The third-order valence-corrected chi connectivity index (χ3v) is 5.49. The smallest absolute Gasteiger partial charge is 0.128 e. The highest BCUT2D eigenvalue weighted by atomic mass is 79.9. The maximum Gasteiger partial charge on any atom is 0.128 e. The minimum atomic E-state index is 0.379. The Hall–Kier alpha value is -2.01. The fourth-order valence-corrected chi connectivity index (χ4v) is 3.23. The zero-order valence-electron chi connectivity index (χ0n) is 15.5. The Balaban J connectivity index is 1.72. The SMILES string of the molecule is Cc1ccc(NN=Cc2cc(Br)ccc2OCc2ccc(Cl)c(Cl)c2)cc1C. The summed E-state index contributed by atoms with van der Waals surface area (Å²) in [5.41, 5.74) is 8.26. The van der Waals surface area contributed by atoms with Crippen LogP contribution in [0, 0.1) is 13.8 Å². The first-order chi connectivity index (χ1) is 13.4. The van der Waals surface area contributed by atoms with Crippen molar-refractivity contribution in [1.82, 2.24) is 0 Å². The summed E-state index contributed by atoms with van der Waals surface area (Å²) in [4.78, 5) is 0. The van der Waals surface area contributed by atoms with Crippen molar-refractivity contribution in [3.63, 3.8) is 0 Å². The summed E-state index contributed by atoms with van der Waals surface area (Å²) in [6.07, 6.45) is 1.74. The van der Waals surface area contributed by atoms with Gasteiger partial charge >= 0.3 is 0 Å². The van der Waals surface area contributed by atoms with E-state index in [1.54, 1.807) is 18.3 Å². The first kappa shape index (κ1) is 20.7. The molecule has 0 heterocycles. The van der Waals surface area contributed by atoms with E-state index >= 15 is 0 Å². The molecular weight excluding hydrogens is 459 g/mol. The standard InChI is InChI=1S/C22H19BrCl2N2O/c1-14-3-6-19(9-15(14)2)27-26-12-17-11-18(23)5-8-22(17)28-13-16-4-7-20(24)21(25)10-16/h3-12,27H,13H2,1-2H3. The highest BCUT2D eigenvalue weighted by molar-refractivity contribution is 9.10. The zero-order valence-corrected chi connectivity index (χ0v) is 18.6. The lowest BCUT2D eigenvalue weighted by Gasteiger charge is -2.10. The molecule has 1 N–H and O–H groups in total. The maximum atomic E-state index is 6.07. The van der Waals surface area contributed by atoms with Crippen LogP contribution in [0.15, 0.2) is 64.2 Å². The Morgan fingerprint density at radius 2 is 1.79 bits per heavy atom. The van der Waals surface area contributed by atoms with Crippen molar-refractivity contribution < 1.29 is 4.74 Å². The molecule has 0 fully saturated rings. The van der Waals surface area contributed by atoms with Gasteiger partial charge in [-0.3, -0.25) is 5.43 Å². The molecule has 0 amide bonds. The summed E-state index contributed by atoms with van der Waals surface area (Å²) in [6, 6.07) is 17.4. The van der Waals surface area contributed by atoms with Crippen molar-refractivity contribution in [2.45, 2.75) is 20.5 Å². The van der Waals surface area contributed by atoms with Crippen LogP contribution in [0.1, 0.15) is 22.3 Å². The second-order valence-corrected chi connectivity index (χ2v) is 8.12. The number of halogens is 3. The molecule has 3 rings (SSSR count). The zero-order chi connectivity index (χ0) is 20.1. The summed E-state index contributed by atoms with van der Waals surface area (Å²) in [5.74, 6) is 0.722. The number of anilines is 1. The third-order valence-electron chi connectivity index (χ3n) is 4.25. The molecule has 28 heavy (non-hydrogen) atoms. The van der Waals surface area contributed by atoms with E-state index in [9.17, 15) is 0 Å². The van der Waals surface area contributed by atoms with Gasteiger partial charge in [0.15, 0.2) is 0 Å². The monoisotopic (exact) mass is 476 g/mol. The summed E-state index contributed by atoms with van der Waals surface area (Å²) in [7, 11) is 0. The first-order valence-corrected chi connectivity index (χ1v) is 10.2. The number of ether oxygens (including phenoxy) is 1. The van der Waals surface area contributed by atoms with Crippen molar-refractivity contribution in [2.75, 3.05) is 5.43 Å². The summed E-state index contributed by atoms with van der Waals surface area (Å²) >= 11 is 15.5. The minimum Gasteiger partial charge on any atom is -0.488 e. The van der Waals surface area contributed by atoms with Gasteiger partial charge in [0.25, 0.3) is 0 Å². The molecule has 0 aliphatic heterocycles. The Labute approximate surface area is 183 Å². The van der Waals surface area contributed by atoms with Crippen LogP contribution in [0.25, 0.3) is 0 Å². The molecule has 0 saturated carbocycles. The van der Waals surface area contributed by atoms with Gasteiger partial charge in [0, 0.05) is 10.0 Å². The molecule has 0 aliphatic carbocycles. The normalized spacial score (nSPS) is 11.0. The number of rotatable bonds is 6. The lowest BCUT2D eigenvalue weighted by atomic mass is 10.1. The predicted octanol–water partition coefficient (Wildman–Crippen LogP) is 7.40. The molecule has 0 atom stereocenters. The average molecular weight is 478 g/mol. The second kappa shape index (κ2) is 9.46. The molecule has 0 unspecified atom stereocenters. The fourth-order valence-electron chi connectivity index (χ4n) is 2.53. The number of hydrogen-bond donors (Lipinski definition) is 1. The van der Waals surface area contributed by atoms with E-state index in [2.05, 4.69) is 52.4 Å². The van der Waals surface area contributed by atoms with E-state index < -0.39 is 0 Å². The number of nitrogens with one attached hydrogen (secondary N) is 1. The predicted molar refractivity (Wildman–Crippen MR) is 122 cm³/mol. The van der Waals surface area contributed by atoms with Gasteiger partial charge in [-0.1, -0.05) is 51.3 Å². The first-order valence-electron chi connectivity index (χ1n) is 8.65. The lowest BCUT2D eigenvalue weighted by Crippen LogP contribution is -1.99. The molecule has 0 spiro atoms. The van der Waals surface area contributed by atoms with Crippen molar-refractivity contribution in [1.29, 1.82) is 0 Å². The van der Waals surface area contributed by atoms with Gasteiger partial charge in [-0.15, -0.1) is 0 Å². The molecule has 0 saturated heterocycles. The van der Waals surface area contributed by atoms with E-state index in [1.165, 1.54) is 11.1 Å². The Bertz CT molecular complexity index is 1020. The quantitative estimate of drug-likeness (QED) is 0.296. The van der Waals surface area contributed by atoms with Crippen molar-refractivity contribution in [2.24, 2.45) is 5.10 Å². The number of benzene rings is 3. The van der Waals surface area contributed by atoms with Crippen LogP contribution < -0.4 is 10.2 Å². The van der Waals surface area contributed by atoms with Gasteiger partial charge in [-0.2, -0.15) is 5.10 Å². The van der Waals surface area contributed by atoms with Crippen LogP contribution in [-0.4, -0.2) is 6.21 Å². The third kappa shape index (κ3) is 5.51. The number of aryl methyl sites for hydroxylation is 2. The van der Waals surface area contributed by atoms with E-state index in [4.69, 9.17) is 27.9 Å². The molecule has 3 aromatic rings. The van der Waals surface area contributed by atoms with E-state index in [0.29, 0.717) is 16.7 Å². The Morgan fingerprint density at radius 3 is 2.54 bits per heavy atom. The van der Waals surface area contributed by atoms with Crippen LogP contribution in [0.3, 0.4) is 0 Å². The van der Waals surface area contributed by atoms with Crippen LogP contribution in [0.2, 0.25) is 10.0 Å². The van der Waals surface area contributed by atoms with Crippen LogP contribution in [-0.2, 0) is 6.61 Å². The minimum absolute atomic E-state index is 0.379. The molecular formula is C22H19BrCl2N2O. The maximum absolute atomic E-state index is 6.07. The van der Waals surface area contributed by atoms with Crippen LogP contribution in [0.5, 0.6) is 5.75 Å². The van der Waals surface area contributed by atoms with Crippen molar-refractivity contribution >= 4 is 51.0 Å². The number of nitrogens with zero attached hydrogens (tertiary/aromatic N) is 1. The highest BCUT2D eigenvalue weighted by Crippen LogP contribution is 2.26. The van der Waals surface area contributed by atoms with E-state index in [-0.39, 0.29) is 0 Å². The Kier molecular flexibility index (Phi) is 7.00. The van der Waals surface area contributed by atoms with E-state index in [0.717, 1.165) is 27.0 Å². The molecule has 3 nitrogen and oxygen atoms in total. The number of hydrogen-bond acceptors (Lipinski definition) is 3. The number of hydrazone groups is 1. The van der Waals surface area contributed by atoms with Gasteiger partial charge in [0.2, 0.25) is 0 Å². The molecule has 0 bridgehead atoms. The van der Waals surface area contributed by atoms with Gasteiger partial charge in [0.05, 0.1) is 21.9 Å². The molecule has 0 aliphatic rings. The summed E-state index contributed by atoms with van der Waals surface area (Å²) in [6.45, 7) is 4.54. The van der Waals surface area contributed by atoms with Crippen molar-refractivity contribution in [3.8, 4) is 5.75 Å². The lowest BCUT2D eigenvalue weighted by molar-refractivity contribution is 0.306. The summed E-state index contributed by atoms with van der Waals surface area (Å²) in [5, 5.41) is 5.39. The van der Waals surface area contributed by atoms with Gasteiger partial charge < -0.3 is 4.74 Å². The van der Waals surface area contributed by atoms with Crippen LogP contribution in [0.4, 0.5) is 5.69 Å². The largest absolute Gasteiger partial charge is 0.488 e. The fraction of sp³-hybridized carbons (Fsp3) is 0.136. The Morgan fingerprint density at radius 1 is 0.964 bits per heavy atom. The molecule has 6 heteroatoms. The molecule has 0 radical (unpaired) electrons. The average Bonchev–Trinajstić information content (AvgIpc) is 2.66. The van der Waals surface area contributed by atoms with Crippen LogP contribution >= 0.6 is 39.1 Å². The van der Waals surface area contributed by atoms with Crippen molar-refractivity contribution in [3.05, 3.63) is 91.4 Å². The van der Waals surface area contributed by atoms with Gasteiger partial charge in [0.1, 0.15) is 12.4 Å². The molecule has 3 aromatic carbocycles. The van der Waals surface area contributed by atoms with Gasteiger partial charge in [-0.25, -0.2) is 0 Å². The van der Waals surface area contributed by atoms with Gasteiger partial charge in [-0.05, 0) is 73.0 Å². The molecule has 0 aromatic heterocycles. The highest BCUT2D eigenvalue weighted by Gasteiger charge is 2.05. The second-order valence-electron chi connectivity index (χ2n) is 6.39.